The van der Waals surface area contributed by atoms with Gasteiger partial charge in [0.25, 0.3) is 5.91 Å². The van der Waals surface area contributed by atoms with E-state index in [4.69, 9.17) is 25.8 Å². The van der Waals surface area contributed by atoms with Gasteiger partial charge in [0, 0.05) is 11.3 Å². The third-order valence-corrected chi connectivity index (χ3v) is 3.39. The SMILES string of the molecule is CCOc1ccc(NC(=O)c2cc(Cl)c3c(c2)OCO3)cc1. The van der Waals surface area contributed by atoms with Crippen LogP contribution in [0.25, 0.3) is 0 Å². The van der Waals surface area contributed by atoms with Gasteiger partial charge in [-0.05, 0) is 43.3 Å². The monoisotopic (exact) mass is 319 g/mol. The lowest BCUT2D eigenvalue weighted by molar-refractivity contribution is 0.102. The molecule has 2 aromatic rings. The van der Waals surface area contributed by atoms with Crippen molar-refractivity contribution in [2.75, 3.05) is 18.7 Å². The van der Waals surface area contributed by atoms with E-state index in [0.29, 0.717) is 34.4 Å². The molecule has 1 amide bonds. The number of fused-ring (bicyclic) bond motifs is 1. The van der Waals surface area contributed by atoms with E-state index in [2.05, 4.69) is 5.32 Å². The summed E-state index contributed by atoms with van der Waals surface area (Å²) < 4.78 is 15.8. The topological polar surface area (TPSA) is 56.8 Å². The first kappa shape index (κ1) is 14.5. The highest BCUT2D eigenvalue weighted by Crippen LogP contribution is 2.39. The number of hydrogen-bond acceptors (Lipinski definition) is 4. The predicted molar refractivity (Wildman–Crippen MR) is 83.1 cm³/mol. The maximum atomic E-state index is 12.3. The Balaban J connectivity index is 1.76. The third-order valence-electron chi connectivity index (χ3n) is 3.11. The van der Waals surface area contributed by atoms with Gasteiger partial charge < -0.3 is 19.5 Å². The van der Waals surface area contributed by atoms with Crippen LogP contribution in [0.4, 0.5) is 5.69 Å². The van der Waals surface area contributed by atoms with Crippen molar-refractivity contribution >= 4 is 23.2 Å². The van der Waals surface area contributed by atoms with Gasteiger partial charge in [-0.25, -0.2) is 0 Å². The molecule has 1 N–H and O–H groups in total. The summed E-state index contributed by atoms with van der Waals surface area (Å²) in [6, 6.07) is 10.3. The number of carbonyl (C=O) groups excluding carboxylic acids is 1. The second-order valence-corrected chi connectivity index (χ2v) is 5.01. The molecule has 0 unspecified atom stereocenters. The molecule has 0 aromatic heterocycles. The maximum absolute atomic E-state index is 12.3. The highest BCUT2D eigenvalue weighted by Gasteiger charge is 2.20. The van der Waals surface area contributed by atoms with Gasteiger partial charge in [-0.15, -0.1) is 0 Å². The van der Waals surface area contributed by atoms with E-state index < -0.39 is 0 Å². The van der Waals surface area contributed by atoms with E-state index in [-0.39, 0.29) is 12.7 Å². The van der Waals surface area contributed by atoms with Crippen LogP contribution >= 0.6 is 11.6 Å². The minimum Gasteiger partial charge on any atom is -0.494 e. The molecule has 0 radical (unpaired) electrons. The van der Waals surface area contributed by atoms with Crippen LogP contribution in [0.3, 0.4) is 0 Å². The highest BCUT2D eigenvalue weighted by molar-refractivity contribution is 6.32. The van der Waals surface area contributed by atoms with Gasteiger partial charge in [0.15, 0.2) is 11.5 Å². The fraction of sp³-hybridized carbons (Fsp3) is 0.188. The van der Waals surface area contributed by atoms with E-state index in [1.165, 1.54) is 0 Å². The van der Waals surface area contributed by atoms with E-state index in [1.54, 1.807) is 36.4 Å². The van der Waals surface area contributed by atoms with E-state index in [9.17, 15) is 4.79 Å². The molecule has 1 aliphatic rings. The third kappa shape index (κ3) is 2.94. The summed E-state index contributed by atoms with van der Waals surface area (Å²) in [5, 5.41) is 3.15. The van der Waals surface area contributed by atoms with Crippen LogP contribution in [-0.2, 0) is 0 Å². The molecule has 6 heteroatoms. The Morgan fingerprint density at radius 2 is 2.05 bits per heavy atom. The summed E-state index contributed by atoms with van der Waals surface area (Å²) in [5.41, 5.74) is 1.07. The number of nitrogens with one attached hydrogen (secondary N) is 1. The first-order valence-electron chi connectivity index (χ1n) is 6.80. The zero-order chi connectivity index (χ0) is 15.5. The summed E-state index contributed by atoms with van der Waals surface area (Å²) >= 11 is 6.08. The normalized spacial score (nSPS) is 12.1. The first-order valence-corrected chi connectivity index (χ1v) is 7.18. The molecular formula is C16H14ClNO4. The zero-order valence-corrected chi connectivity index (χ0v) is 12.6. The van der Waals surface area contributed by atoms with Crippen molar-refractivity contribution in [1.82, 2.24) is 0 Å². The van der Waals surface area contributed by atoms with Crippen LogP contribution in [0.2, 0.25) is 5.02 Å². The molecule has 114 valence electrons. The summed E-state index contributed by atoms with van der Waals surface area (Å²) in [6.07, 6.45) is 0. The molecule has 0 spiro atoms. The van der Waals surface area contributed by atoms with Crippen molar-refractivity contribution in [3.8, 4) is 17.2 Å². The highest BCUT2D eigenvalue weighted by atomic mass is 35.5. The van der Waals surface area contributed by atoms with Gasteiger partial charge in [-0.2, -0.15) is 0 Å². The fourth-order valence-corrected chi connectivity index (χ4v) is 2.37. The standard InChI is InChI=1S/C16H14ClNO4/c1-2-20-12-5-3-11(4-6-12)18-16(19)10-7-13(17)15-14(8-10)21-9-22-15/h3-8H,2,9H2,1H3,(H,18,19). The quantitative estimate of drug-likeness (QED) is 0.933. The molecular weight excluding hydrogens is 306 g/mol. The molecule has 0 bridgehead atoms. The number of rotatable bonds is 4. The number of carbonyl (C=O) groups is 1. The van der Waals surface area contributed by atoms with Crippen LogP contribution < -0.4 is 19.5 Å². The smallest absolute Gasteiger partial charge is 0.255 e. The van der Waals surface area contributed by atoms with Crippen molar-refractivity contribution in [1.29, 1.82) is 0 Å². The van der Waals surface area contributed by atoms with Crippen molar-refractivity contribution in [2.24, 2.45) is 0 Å². The van der Waals surface area contributed by atoms with Crippen molar-refractivity contribution in [3.63, 3.8) is 0 Å². The second-order valence-electron chi connectivity index (χ2n) is 4.60. The maximum Gasteiger partial charge on any atom is 0.255 e. The molecule has 0 fully saturated rings. The van der Waals surface area contributed by atoms with E-state index in [0.717, 1.165) is 5.75 Å². The Kier molecular flexibility index (Phi) is 4.06. The number of anilines is 1. The number of benzene rings is 2. The van der Waals surface area contributed by atoms with Gasteiger partial charge in [0.2, 0.25) is 6.79 Å². The molecule has 1 heterocycles. The zero-order valence-electron chi connectivity index (χ0n) is 11.9. The molecule has 0 aliphatic carbocycles. The minimum absolute atomic E-state index is 0.110. The van der Waals surface area contributed by atoms with Gasteiger partial charge in [-0.1, -0.05) is 11.6 Å². The Bertz CT molecular complexity index is 700. The number of hydrogen-bond donors (Lipinski definition) is 1. The largest absolute Gasteiger partial charge is 0.494 e. The lowest BCUT2D eigenvalue weighted by Crippen LogP contribution is -2.11. The van der Waals surface area contributed by atoms with Crippen LogP contribution in [0.15, 0.2) is 36.4 Å². The van der Waals surface area contributed by atoms with Crippen LogP contribution in [-0.4, -0.2) is 19.3 Å². The Morgan fingerprint density at radius 3 is 2.77 bits per heavy atom. The van der Waals surface area contributed by atoms with Crippen LogP contribution in [0.1, 0.15) is 17.3 Å². The minimum atomic E-state index is -0.274. The molecule has 1 aliphatic heterocycles. The predicted octanol–water partition coefficient (Wildman–Crippen LogP) is 3.72. The molecule has 2 aromatic carbocycles. The van der Waals surface area contributed by atoms with Crippen LogP contribution in [0.5, 0.6) is 17.2 Å². The van der Waals surface area contributed by atoms with E-state index >= 15 is 0 Å². The molecule has 3 rings (SSSR count). The summed E-state index contributed by atoms with van der Waals surface area (Å²) in [6.45, 7) is 2.62. The number of ether oxygens (including phenoxy) is 3. The molecule has 0 saturated carbocycles. The van der Waals surface area contributed by atoms with Crippen molar-refractivity contribution in [3.05, 3.63) is 47.0 Å². The van der Waals surface area contributed by atoms with Gasteiger partial charge in [0.1, 0.15) is 5.75 Å². The average molecular weight is 320 g/mol. The Morgan fingerprint density at radius 1 is 1.27 bits per heavy atom. The van der Waals surface area contributed by atoms with Crippen LogP contribution in [0, 0.1) is 0 Å². The lowest BCUT2D eigenvalue weighted by atomic mass is 10.2. The average Bonchev–Trinajstić information content (AvgIpc) is 2.98. The van der Waals surface area contributed by atoms with Gasteiger partial charge in [0.05, 0.1) is 11.6 Å². The fourth-order valence-electron chi connectivity index (χ4n) is 2.10. The summed E-state index contributed by atoms with van der Waals surface area (Å²) in [7, 11) is 0. The van der Waals surface area contributed by atoms with Crippen molar-refractivity contribution < 1.29 is 19.0 Å². The Hall–Kier alpha value is -2.40. The lowest BCUT2D eigenvalue weighted by Gasteiger charge is -2.08. The molecule has 0 saturated heterocycles. The first-order chi connectivity index (χ1) is 10.7. The van der Waals surface area contributed by atoms with Gasteiger partial charge in [-0.3, -0.25) is 4.79 Å². The van der Waals surface area contributed by atoms with Gasteiger partial charge >= 0.3 is 0 Å². The van der Waals surface area contributed by atoms with E-state index in [1.807, 2.05) is 6.92 Å². The second kappa shape index (κ2) is 6.15. The molecule has 5 nitrogen and oxygen atoms in total. The number of amides is 1. The van der Waals surface area contributed by atoms with Crippen molar-refractivity contribution in [2.45, 2.75) is 6.92 Å². The Labute approximate surface area is 132 Å². The summed E-state index contributed by atoms with van der Waals surface area (Å²) in [5.74, 6) is 1.43. The number of halogens is 1. The summed E-state index contributed by atoms with van der Waals surface area (Å²) in [4.78, 5) is 12.3. The molecule has 22 heavy (non-hydrogen) atoms. The molecule has 0 atom stereocenters.